The molecule has 0 N–H and O–H groups in total. The van der Waals surface area contributed by atoms with Gasteiger partial charge in [-0.1, -0.05) is 17.7 Å². The van der Waals surface area contributed by atoms with E-state index in [9.17, 15) is 22.8 Å². The van der Waals surface area contributed by atoms with E-state index in [2.05, 4.69) is 4.98 Å². The molecule has 1 fully saturated rings. The second-order valence-electron chi connectivity index (χ2n) is 6.30. The number of hydrogen-bond acceptors (Lipinski definition) is 5. The van der Waals surface area contributed by atoms with E-state index in [4.69, 9.17) is 11.6 Å². The van der Waals surface area contributed by atoms with E-state index in [-0.39, 0.29) is 35.4 Å². The zero-order valence-electron chi connectivity index (χ0n) is 14.7. The Kier molecular flexibility index (Phi) is 6.24. The predicted molar refractivity (Wildman–Crippen MR) is 101 cm³/mol. The third-order valence-electron chi connectivity index (χ3n) is 4.44. The van der Waals surface area contributed by atoms with E-state index in [0.29, 0.717) is 31.1 Å². The Labute approximate surface area is 168 Å². The summed E-state index contributed by atoms with van der Waals surface area (Å²) in [6.07, 6.45) is -3.45. The Bertz CT molecular complexity index is 850. The minimum Gasteiger partial charge on any atom is -0.352 e. The predicted octanol–water partition coefficient (Wildman–Crippen LogP) is 4.13. The summed E-state index contributed by atoms with van der Waals surface area (Å²) >= 11 is 7.33. The van der Waals surface area contributed by atoms with Gasteiger partial charge in [0, 0.05) is 45.2 Å². The molecule has 150 valence electrons. The molecule has 3 rings (SSSR count). The standard InChI is InChI=1S/C18H17ClF3N3O2S/c19-13-10-12(18(20,21)22)11-23-17(13)25-7-5-24(6-8-25)16(27)4-3-14(26)15-2-1-9-28-15/h1-2,9-11H,3-8H2. The molecular weight excluding hydrogens is 415 g/mol. The van der Waals surface area contributed by atoms with Gasteiger partial charge in [-0.15, -0.1) is 11.3 Å². The van der Waals surface area contributed by atoms with Crippen LogP contribution in [0.3, 0.4) is 0 Å². The van der Waals surface area contributed by atoms with Crippen LogP contribution in [-0.2, 0) is 11.0 Å². The Balaban J connectivity index is 1.53. The summed E-state index contributed by atoms with van der Waals surface area (Å²) in [5.41, 5.74) is -0.898. The molecule has 0 radical (unpaired) electrons. The quantitative estimate of drug-likeness (QED) is 0.668. The van der Waals surface area contributed by atoms with E-state index in [1.54, 1.807) is 21.9 Å². The summed E-state index contributed by atoms with van der Waals surface area (Å²) in [6, 6.07) is 4.38. The number of rotatable bonds is 5. The molecule has 5 nitrogen and oxygen atoms in total. The third kappa shape index (κ3) is 4.82. The van der Waals surface area contributed by atoms with E-state index in [1.807, 2.05) is 5.38 Å². The van der Waals surface area contributed by atoms with Crippen molar-refractivity contribution in [3.63, 3.8) is 0 Å². The number of ketones is 1. The fraction of sp³-hybridized carbons (Fsp3) is 0.389. The van der Waals surface area contributed by atoms with Gasteiger partial charge in [0.05, 0.1) is 15.5 Å². The van der Waals surface area contributed by atoms with Crippen molar-refractivity contribution in [1.29, 1.82) is 0 Å². The molecule has 1 aliphatic heterocycles. The highest BCUT2D eigenvalue weighted by Gasteiger charge is 2.32. The number of carbonyl (C=O) groups excluding carboxylic acids is 2. The maximum Gasteiger partial charge on any atom is 0.417 e. The summed E-state index contributed by atoms with van der Waals surface area (Å²) in [5, 5.41) is 1.74. The molecule has 0 saturated carbocycles. The van der Waals surface area contributed by atoms with Gasteiger partial charge in [0.15, 0.2) is 5.78 Å². The molecule has 0 aliphatic carbocycles. The van der Waals surface area contributed by atoms with Crippen LogP contribution in [0.25, 0.3) is 0 Å². The van der Waals surface area contributed by atoms with Crippen LogP contribution in [0.5, 0.6) is 0 Å². The SMILES string of the molecule is O=C(CCC(=O)N1CCN(c2ncc(C(F)(F)F)cc2Cl)CC1)c1cccs1. The number of halogens is 4. The van der Waals surface area contributed by atoms with Gasteiger partial charge in [0.1, 0.15) is 5.82 Å². The number of piperazine rings is 1. The molecule has 0 unspecified atom stereocenters. The van der Waals surface area contributed by atoms with Crippen molar-refractivity contribution >= 4 is 40.4 Å². The van der Waals surface area contributed by atoms with Crippen molar-refractivity contribution in [3.8, 4) is 0 Å². The average Bonchev–Trinajstić information content (AvgIpc) is 3.20. The normalized spacial score (nSPS) is 15.0. The highest BCUT2D eigenvalue weighted by Crippen LogP contribution is 2.33. The van der Waals surface area contributed by atoms with Gasteiger partial charge < -0.3 is 9.80 Å². The lowest BCUT2D eigenvalue weighted by Crippen LogP contribution is -2.49. The summed E-state index contributed by atoms with van der Waals surface area (Å²) in [6.45, 7) is 1.60. The molecule has 28 heavy (non-hydrogen) atoms. The number of anilines is 1. The Morgan fingerprint density at radius 1 is 1.18 bits per heavy atom. The van der Waals surface area contributed by atoms with Gasteiger partial charge in [-0.3, -0.25) is 9.59 Å². The first-order chi connectivity index (χ1) is 13.3. The molecule has 1 aliphatic rings. The second kappa shape index (κ2) is 8.48. The highest BCUT2D eigenvalue weighted by molar-refractivity contribution is 7.12. The van der Waals surface area contributed by atoms with Crippen molar-refractivity contribution in [2.45, 2.75) is 19.0 Å². The molecule has 0 spiro atoms. The number of nitrogens with zero attached hydrogens (tertiary/aromatic N) is 3. The number of Topliss-reactive ketones (excluding diaryl/α,β-unsaturated/α-hetero) is 1. The fourth-order valence-electron chi connectivity index (χ4n) is 2.93. The molecule has 1 saturated heterocycles. The molecular formula is C18H17ClF3N3O2S. The first kappa shape index (κ1) is 20.6. The molecule has 0 atom stereocenters. The molecule has 0 aromatic carbocycles. The summed E-state index contributed by atoms with van der Waals surface area (Å²) in [5.74, 6) is 0.105. The van der Waals surface area contributed by atoms with Crippen LogP contribution in [0.4, 0.5) is 19.0 Å². The number of carbonyl (C=O) groups is 2. The Morgan fingerprint density at radius 3 is 2.46 bits per heavy atom. The van der Waals surface area contributed by atoms with Crippen LogP contribution < -0.4 is 4.90 Å². The van der Waals surface area contributed by atoms with E-state index in [1.165, 1.54) is 11.3 Å². The van der Waals surface area contributed by atoms with Crippen molar-refractivity contribution in [2.24, 2.45) is 0 Å². The first-order valence-electron chi connectivity index (χ1n) is 8.58. The summed E-state index contributed by atoms with van der Waals surface area (Å²) < 4.78 is 38.2. The second-order valence-corrected chi connectivity index (χ2v) is 7.65. The van der Waals surface area contributed by atoms with E-state index < -0.39 is 11.7 Å². The number of aromatic nitrogens is 1. The van der Waals surface area contributed by atoms with Crippen LogP contribution in [0, 0.1) is 0 Å². The zero-order valence-corrected chi connectivity index (χ0v) is 16.3. The van der Waals surface area contributed by atoms with E-state index in [0.717, 1.165) is 12.3 Å². The molecule has 2 aromatic heterocycles. The molecule has 2 aromatic rings. The molecule has 3 heterocycles. The van der Waals surface area contributed by atoms with Crippen molar-refractivity contribution in [1.82, 2.24) is 9.88 Å². The van der Waals surface area contributed by atoms with Crippen molar-refractivity contribution < 1.29 is 22.8 Å². The molecule has 1 amide bonds. The first-order valence-corrected chi connectivity index (χ1v) is 9.83. The molecule has 10 heteroatoms. The largest absolute Gasteiger partial charge is 0.417 e. The lowest BCUT2D eigenvalue weighted by molar-refractivity contribution is -0.137. The van der Waals surface area contributed by atoms with Crippen LogP contribution in [-0.4, -0.2) is 47.8 Å². The van der Waals surface area contributed by atoms with Gasteiger partial charge in [-0.25, -0.2) is 4.98 Å². The van der Waals surface area contributed by atoms with Crippen LogP contribution >= 0.6 is 22.9 Å². The Morgan fingerprint density at radius 2 is 1.89 bits per heavy atom. The topological polar surface area (TPSA) is 53.5 Å². The average molecular weight is 432 g/mol. The lowest BCUT2D eigenvalue weighted by atomic mass is 10.1. The number of hydrogen-bond donors (Lipinski definition) is 0. The monoisotopic (exact) mass is 431 g/mol. The fourth-order valence-corrected chi connectivity index (χ4v) is 3.91. The van der Waals surface area contributed by atoms with E-state index >= 15 is 0 Å². The maximum absolute atomic E-state index is 12.7. The van der Waals surface area contributed by atoms with Gasteiger partial charge in [0.2, 0.25) is 5.91 Å². The Hall–Kier alpha value is -2.13. The number of alkyl halides is 3. The minimum absolute atomic E-state index is 0.0530. The van der Waals surface area contributed by atoms with Crippen molar-refractivity contribution in [3.05, 3.63) is 45.2 Å². The van der Waals surface area contributed by atoms with Gasteiger partial charge >= 0.3 is 6.18 Å². The summed E-state index contributed by atoms with van der Waals surface area (Å²) in [4.78, 5) is 32.2. The number of thiophene rings is 1. The van der Waals surface area contributed by atoms with Gasteiger partial charge in [0.25, 0.3) is 0 Å². The lowest BCUT2D eigenvalue weighted by Gasteiger charge is -2.35. The highest BCUT2D eigenvalue weighted by atomic mass is 35.5. The summed E-state index contributed by atoms with van der Waals surface area (Å²) in [7, 11) is 0. The van der Waals surface area contributed by atoms with Crippen LogP contribution in [0.15, 0.2) is 29.8 Å². The van der Waals surface area contributed by atoms with Gasteiger partial charge in [-0.2, -0.15) is 13.2 Å². The molecule has 0 bridgehead atoms. The van der Waals surface area contributed by atoms with Crippen LogP contribution in [0.2, 0.25) is 5.02 Å². The minimum atomic E-state index is -4.50. The number of amides is 1. The maximum atomic E-state index is 12.7. The van der Waals surface area contributed by atoms with Crippen LogP contribution in [0.1, 0.15) is 28.1 Å². The third-order valence-corrected chi connectivity index (χ3v) is 5.63. The zero-order chi connectivity index (χ0) is 20.3. The smallest absolute Gasteiger partial charge is 0.352 e. The van der Waals surface area contributed by atoms with Crippen molar-refractivity contribution in [2.75, 3.05) is 31.1 Å². The van der Waals surface area contributed by atoms with Gasteiger partial charge in [-0.05, 0) is 17.5 Å². The number of pyridine rings is 1.